The summed E-state index contributed by atoms with van der Waals surface area (Å²) in [6.45, 7) is 3.62. The van der Waals surface area contributed by atoms with Crippen LogP contribution >= 0.6 is 0 Å². The Morgan fingerprint density at radius 1 is 1.26 bits per heavy atom. The zero-order chi connectivity index (χ0) is 19.2. The summed E-state index contributed by atoms with van der Waals surface area (Å²) in [6, 6.07) is 1.72. The minimum atomic E-state index is -0.422. The summed E-state index contributed by atoms with van der Waals surface area (Å²) in [5.74, 6) is 0.928. The maximum absolute atomic E-state index is 13.4. The number of anilines is 2. The summed E-state index contributed by atoms with van der Waals surface area (Å²) < 4.78 is 7.01. The van der Waals surface area contributed by atoms with Crippen LogP contribution in [0.2, 0.25) is 0 Å². The van der Waals surface area contributed by atoms with E-state index in [9.17, 15) is 9.59 Å². The fourth-order valence-electron chi connectivity index (χ4n) is 4.22. The number of likely N-dealkylation sites (tertiary alicyclic amines) is 1. The number of nitrogens with one attached hydrogen (secondary N) is 1. The van der Waals surface area contributed by atoms with Gasteiger partial charge >= 0.3 is 0 Å². The standard InChI is InChI=1S/C19H23N5O3/c1-12-8-13(22-17-15(27-3)10-20-11-21-17)18(26)24-16(12)14(25)9-19(24)4-6-23(2)7-5-19/h8,10-11H,4-7,9H2,1-3H3,(H,20,21,22). The normalized spacial score (nSPS) is 18.6. The molecule has 2 aliphatic rings. The lowest BCUT2D eigenvalue weighted by Gasteiger charge is -2.39. The number of ketones is 1. The molecule has 0 atom stereocenters. The van der Waals surface area contributed by atoms with Crippen LogP contribution in [-0.4, -0.2) is 52.5 Å². The number of aromatic nitrogens is 3. The molecule has 2 aromatic heterocycles. The van der Waals surface area contributed by atoms with Gasteiger partial charge in [0.1, 0.15) is 12.0 Å². The molecule has 2 aliphatic heterocycles. The third kappa shape index (κ3) is 2.80. The van der Waals surface area contributed by atoms with E-state index in [0.717, 1.165) is 31.5 Å². The average Bonchev–Trinajstić information content (AvgIpc) is 2.95. The summed E-state index contributed by atoms with van der Waals surface area (Å²) in [4.78, 5) is 36.4. The average molecular weight is 369 g/mol. The lowest BCUT2D eigenvalue weighted by molar-refractivity contribution is 0.0911. The van der Waals surface area contributed by atoms with E-state index in [2.05, 4.69) is 27.2 Å². The number of pyridine rings is 1. The quantitative estimate of drug-likeness (QED) is 0.881. The molecule has 8 heteroatoms. The van der Waals surface area contributed by atoms with Gasteiger partial charge in [0.2, 0.25) is 0 Å². The molecule has 2 aromatic rings. The smallest absolute Gasteiger partial charge is 0.275 e. The Labute approximate surface area is 157 Å². The number of carbonyl (C=O) groups is 1. The van der Waals surface area contributed by atoms with Gasteiger partial charge in [-0.3, -0.25) is 14.2 Å². The van der Waals surface area contributed by atoms with Gasteiger partial charge in [-0.2, -0.15) is 0 Å². The van der Waals surface area contributed by atoms with Crippen molar-refractivity contribution in [3.63, 3.8) is 0 Å². The van der Waals surface area contributed by atoms with Crippen molar-refractivity contribution in [1.82, 2.24) is 19.4 Å². The Morgan fingerprint density at radius 3 is 2.70 bits per heavy atom. The van der Waals surface area contributed by atoms with Crippen molar-refractivity contribution in [2.75, 3.05) is 32.6 Å². The molecule has 0 aromatic carbocycles. The highest BCUT2D eigenvalue weighted by Gasteiger charge is 2.46. The number of hydrogen-bond acceptors (Lipinski definition) is 7. The van der Waals surface area contributed by atoms with Crippen LogP contribution in [-0.2, 0) is 5.54 Å². The predicted molar refractivity (Wildman–Crippen MR) is 101 cm³/mol. The van der Waals surface area contributed by atoms with Gasteiger partial charge in [-0.25, -0.2) is 9.97 Å². The molecule has 0 bridgehead atoms. The van der Waals surface area contributed by atoms with E-state index in [1.165, 1.54) is 19.6 Å². The lowest BCUT2D eigenvalue weighted by Crippen LogP contribution is -2.47. The fraction of sp³-hybridized carbons (Fsp3) is 0.474. The van der Waals surface area contributed by atoms with E-state index < -0.39 is 5.54 Å². The predicted octanol–water partition coefficient (Wildman–Crippen LogP) is 1.71. The number of aryl methyl sites for hydroxylation is 1. The number of rotatable bonds is 3. The number of Topliss-reactive ketones (excluding diaryl/α,β-unsaturated/α-hetero) is 1. The number of ether oxygens (including phenoxy) is 1. The van der Waals surface area contributed by atoms with Gasteiger partial charge in [-0.1, -0.05) is 0 Å². The third-order valence-electron chi connectivity index (χ3n) is 5.69. The zero-order valence-corrected chi connectivity index (χ0v) is 15.8. The SMILES string of the molecule is COc1cncnc1Nc1cc(C)c2n(c1=O)C1(CCN(C)CC1)CC2=O. The second-order valence-corrected chi connectivity index (χ2v) is 7.42. The minimum Gasteiger partial charge on any atom is -0.491 e. The highest BCUT2D eigenvalue weighted by Crippen LogP contribution is 2.40. The van der Waals surface area contributed by atoms with Crippen LogP contribution < -0.4 is 15.6 Å². The number of methoxy groups -OCH3 is 1. The van der Waals surface area contributed by atoms with E-state index in [1.807, 2.05) is 6.92 Å². The Balaban J connectivity index is 1.82. The van der Waals surface area contributed by atoms with Crippen LogP contribution in [0.15, 0.2) is 23.4 Å². The second-order valence-electron chi connectivity index (χ2n) is 7.42. The van der Waals surface area contributed by atoms with Crippen LogP contribution in [0.25, 0.3) is 0 Å². The Bertz CT molecular complexity index is 960. The molecule has 1 N–H and O–H groups in total. The van der Waals surface area contributed by atoms with Crippen LogP contribution in [0.4, 0.5) is 11.5 Å². The molecule has 1 spiro atoms. The summed E-state index contributed by atoms with van der Waals surface area (Å²) in [7, 11) is 3.59. The van der Waals surface area contributed by atoms with E-state index in [1.54, 1.807) is 10.6 Å². The molecule has 8 nitrogen and oxygen atoms in total. The van der Waals surface area contributed by atoms with Gasteiger partial charge in [-0.15, -0.1) is 0 Å². The first-order valence-electron chi connectivity index (χ1n) is 9.05. The molecule has 1 fully saturated rings. The lowest BCUT2D eigenvalue weighted by atomic mass is 9.85. The molecule has 4 heterocycles. The van der Waals surface area contributed by atoms with Crippen LogP contribution in [0.1, 0.15) is 35.3 Å². The van der Waals surface area contributed by atoms with Crippen molar-refractivity contribution < 1.29 is 9.53 Å². The Kier molecular flexibility index (Phi) is 4.22. The maximum Gasteiger partial charge on any atom is 0.275 e. The summed E-state index contributed by atoms with van der Waals surface area (Å²) in [5.41, 5.74) is 1.12. The highest BCUT2D eigenvalue weighted by atomic mass is 16.5. The highest BCUT2D eigenvalue weighted by molar-refractivity contribution is 5.99. The molecular weight excluding hydrogens is 346 g/mol. The van der Waals surface area contributed by atoms with Gasteiger partial charge in [0.05, 0.1) is 24.5 Å². The van der Waals surface area contributed by atoms with Crippen molar-refractivity contribution >= 4 is 17.3 Å². The fourth-order valence-corrected chi connectivity index (χ4v) is 4.22. The Morgan fingerprint density at radius 2 is 2.00 bits per heavy atom. The number of hydrogen-bond donors (Lipinski definition) is 1. The summed E-state index contributed by atoms with van der Waals surface area (Å²) in [6.07, 6.45) is 4.92. The number of piperidine rings is 1. The number of fused-ring (bicyclic) bond motifs is 2. The van der Waals surface area contributed by atoms with E-state index in [-0.39, 0.29) is 11.3 Å². The van der Waals surface area contributed by atoms with Crippen molar-refractivity contribution in [3.05, 3.63) is 40.2 Å². The second kappa shape index (κ2) is 6.45. The van der Waals surface area contributed by atoms with Crippen molar-refractivity contribution in [2.45, 2.75) is 31.7 Å². The third-order valence-corrected chi connectivity index (χ3v) is 5.69. The van der Waals surface area contributed by atoms with Gasteiger partial charge in [0.25, 0.3) is 5.56 Å². The summed E-state index contributed by atoms with van der Waals surface area (Å²) >= 11 is 0. The maximum atomic E-state index is 13.4. The van der Waals surface area contributed by atoms with Crippen molar-refractivity contribution in [1.29, 1.82) is 0 Å². The van der Waals surface area contributed by atoms with E-state index in [4.69, 9.17) is 4.74 Å². The molecule has 4 rings (SSSR count). The molecule has 0 aliphatic carbocycles. The van der Waals surface area contributed by atoms with Crippen molar-refractivity contribution in [2.24, 2.45) is 0 Å². The monoisotopic (exact) mass is 369 g/mol. The van der Waals surface area contributed by atoms with Gasteiger partial charge in [0.15, 0.2) is 17.4 Å². The summed E-state index contributed by atoms with van der Waals surface area (Å²) in [5, 5.41) is 3.08. The molecule has 0 radical (unpaired) electrons. The molecule has 1 saturated heterocycles. The molecular formula is C19H23N5O3. The van der Waals surface area contributed by atoms with Crippen molar-refractivity contribution in [3.8, 4) is 5.75 Å². The van der Waals surface area contributed by atoms with Crippen LogP contribution in [0, 0.1) is 6.92 Å². The van der Waals surface area contributed by atoms with Gasteiger partial charge in [0, 0.05) is 19.5 Å². The minimum absolute atomic E-state index is 0.0559. The first kappa shape index (κ1) is 17.7. The molecule has 142 valence electrons. The molecule has 0 amide bonds. The Hall–Kier alpha value is -2.74. The van der Waals surface area contributed by atoms with E-state index in [0.29, 0.717) is 29.4 Å². The first-order chi connectivity index (χ1) is 12.9. The van der Waals surface area contributed by atoms with Gasteiger partial charge in [-0.05, 0) is 38.4 Å². The van der Waals surface area contributed by atoms with Crippen LogP contribution in [0.3, 0.4) is 0 Å². The molecule has 0 unspecified atom stereocenters. The largest absolute Gasteiger partial charge is 0.491 e. The number of carbonyl (C=O) groups excluding carboxylic acids is 1. The zero-order valence-electron chi connectivity index (χ0n) is 15.8. The van der Waals surface area contributed by atoms with E-state index >= 15 is 0 Å². The first-order valence-corrected chi connectivity index (χ1v) is 9.05. The topological polar surface area (TPSA) is 89.3 Å². The van der Waals surface area contributed by atoms with Crippen LogP contribution in [0.5, 0.6) is 5.75 Å². The number of nitrogens with zero attached hydrogens (tertiary/aromatic N) is 4. The molecule has 27 heavy (non-hydrogen) atoms. The molecule has 0 saturated carbocycles. The van der Waals surface area contributed by atoms with Gasteiger partial charge < -0.3 is 15.0 Å².